The highest BCUT2D eigenvalue weighted by Crippen LogP contribution is 2.27. The van der Waals surface area contributed by atoms with Crippen LogP contribution in [0.1, 0.15) is 29.6 Å². The van der Waals surface area contributed by atoms with Crippen molar-refractivity contribution in [2.24, 2.45) is 0 Å². The summed E-state index contributed by atoms with van der Waals surface area (Å²) in [6.07, 6.45) is 3.87. The number of methoxy groups -OCH3 is 1. The van der Waals surface area contributed by atoms with Gasteiger partial charge in [-0.2, -0.15) is 11.8 Å². The van der Waals surface area contributed by atoms with Crippen molar-refractivity contribution in [3.05, 3.63) is 23.8 Å². The van der Waals surface area contributed by atoms with E-state index in [-0.39, 0.29) is 0 Å². The number of carbonyl (C=O) groups excluding carboxylic acids is 1. The number of carbonyl (C=O) groups is 1. The molecule has 1 saturated heterocycles. The zero-order valence-corrected chi connectivity index (χ0v) is 12.0. The van der Waals surface area contributed by atoms with Crippen LogP contribution in [0.25, 0.3) is 0 Å². The number of nitrogens with one attached hydrogen (secondary N) is 1. The molecule has 1 aromatic rings. The predicted octanol–water partition coefficient (Wildman–Crippen LogP) is 2.75. The lowest BCUT2D eigenvalue weighted by molar-refractivity contribution is 0.0602. The Bertz CT molecular complexity index is 445. The van der Waals surface area contributed by atoms with Crippen LogP contribution >= 0.6 is 11.8 Å². The number of hydrogen-bond acceptors (Lipinski definition) is 5. The van der Waals surface area contributed by atoms with Gasteiger partial charge in [-0.1, -0.05) is 12.5 Å². The lowest BCUT2D eigenvalue weighted by Gasteiger charge is -2.22. The molecule has 0 aromatic heterocycles. The molecule has 1 heterocycles. The lowest BCUT2D eigenvalue weighted by Crippen LogP contribution is -2.21. The summed E-state index contributed by atoms with van der Waals surface area (Å²) in [6, 6.07) is 5.40. The minimum atomic E-state index is -0.395. The van der Waals surface area contributed by atoms with Gasteiger partial charge in [0.15, 0.2) is 0 Å². The van der Waals surface area contributed by atoms with Crippen LogP contribution in [0.3, 0.4) is 0 Å². The standard InChI is InChI=1S/C14H20N2O2S/c1-18-14(17)11-6-4-7-12(13(11)15)16-9-10-5-2-3-8-19-10/h4,6-7,10,16H,2-3,5,8-9,15H2,1H3. The minimum absolute atomic E-state index is 0.395. The van der Waals surface area contributed by atoms with Gasteiger partial charge in [0.05, 0.1) is 24.0 Å². The second-order valence-electron chi connectivity index (χ2n) is 4.63. The molecule has 0 amide bonds. The third kappa shape index (κ3) is 3.56. The summed E-state index contributed by atoms with van der Waals surface area (Å²) in [6.45, 7) is 0.888. The number of ether oxygens (including phenoxy) is 1. The van der Waals surface area contributed by atoms with Gasteiger partial charge in [0.1, 0.15) is 0 Å². The number of rotatable bonds is 4. The Morgan fingerprint density at radius 2 is 2.37 bits per heavy atom. The van der Waals surface area contributed by atoms with E-state index in [1.165, 1.54) is 32.1 Å². The maximum Gasteiger partial charge on any atom is 0.340 e. The molecule has 0 radical (unpaired) electrons. The first-order chi connectivity index (χ1) is 9.22. The Labute approximate surface area is 118 Å². The monoisotopic (exact) mass is 280 g/mol. The molecule has 0 saturated carbocycles. The van der Waals surface area contributed by atoms with Gasteiger partial charge in [-0.15, -0.1) is 0 Å². The van der Waals surface area contributed by atoms with E-state index in [2.05, 4.69) is 5.32 Å². The van der Waals surface area contributed by atoms with Crippen molar-refractivity contribution in [3.8, 4) is 0 Å². The van der Waals surface area contributed by atoms with Gasteiger partial charge in [-0.25, -0.2) is 4.79 Å². The summed E-state index contributed by atoms with van der Waals surface area (Å²) in [5, 5.41) is 3.98. The highest BCUT2D eigenvalue weighted by atomic mass is 32.2. The second kappa shape index (κ2) is 6.70. The normalized spacial score (nSPS) is 18.9. The third-order valence-corrected chi connectivity index (χ3v) is 4.70. The average molecular weight is 280 g/mol. The van der Waals surface area contributed by atoms with E-state index >= 15 is 0 Å². The average Bonchev–Trinajstić information content (AvgIpc) is 2.46. The Morgan fingerprint density at radius 3 is 3.05 bits per heavy atom. The van der Waals surface area contributed by atoms with Crippen LogP contribution in [0.4, 0.5) is 11.4 Å². The molecule has 5 heteroatoms. The molecule has 1 fully saturated rings. The van der Waals surface area contributed by atoms with Crippen LogP contribution in [-0.2, 0) is 4.74 Å². The molecular weight excluding hydrogens is 260 g/mol. The van der Waals surface area contributed by atoms with Crippen LogP contribution < -0.4 is 11.1 Å². The molecule has 19 heavy (non-hydrogen) atoms. The van der Waals surface area contributed by atoms with Crippen molar-refractivity contribution < 1.29 is 9.53 Å². The van der Waals surface area contributed by atoms with E-state index in [0.29, 0.717) is 16.5 Å². The zero-order valence-electron chi connectivity index (χ0n) is 11.1. The summed E-state index contributed by atoms with van der Waals surface area (Å²) < 4.78 is 4.72. The van der Waals surface area contributed by atoms with Crippen LogP contribution in [0, 0.1) is 0 Å². The summed E-state index contributed by atoms with van der Waals surface area (Å²) in [4.78, 5) is 11.6. The highest BCUT2D eigenvalue weighted by Gasteiger charge is 2.16. The summed E-state index contributed by atoms with van der Waals surface area (Å²) >= 11 is 2.01. The molecule has 1 aromatic carbocycles. The van der Waals surface area contributed by atoms with Gasteiger partial charge in [-0.05, 0) is 30.7 Å². The van der Waals surface area contributed by atoms with E-state index in [1.807, 2.05) is 23.9 Å². The first kappa shape index (κ1) is 14.1. The fraction of sp³-hybridized carbons (Fsp3) is 0.500. The van der Waals surface area contributed by atoms with Crippen molar-refractivity contribution in [1.82, 2.24) is 0 Å². The number of esters is 1. The number of nitrogens with two attached hydrogens (primary N) is 1. The highest BCUT2D eigenvalue weighted by molar-refractivity contribution is 7.99. The van der Waals surface area contributed by atoms with Gasteiger partial charge in [0.2, 0.25) is 0 Å². The summed E-state index contributed by atoms with van der Waals surface area (Å²) in [5.41, 5.74) is 7.71. The van der Waals surface area contributed by atoms with Gasteiger partial charge in [-0.3, -0.25) is 0 Å². The van der Waals surface area contributed by atoms with Crippen molar-refractivity contribution in [3.63, 3.8) is 0 Å². The van der Waals surface area contributed by atoms with Gasteiger partial charge < -0.3 is 15.8 Å². The van der Waals surface area contributed by atoms with Crippen molar-refractivity contribution in [2.75, 3.05) is 30.5 Å². The topological polar surface area (TPSA) is 64.3 Å². The fourth-order valence-corrected chi connectivity index (χ4v) is 3.44. The number of anilines is 2. The number of benzene rings is 1. The molecule has 2 rings (SSSR count). The minimum Gasteiger partial charge on any atom is -0.465 e. The van der Waals surface area contributed by atoms with Crippen molar-refractivity contribution in [1.29, 1.82) is 0 Å². The second-order valence-corrected chi connectivity index (χ2v) is 6.04. The van der Waals surface area contributed by atoms with E-state index in [9.17, 15) is 4.79 Å². The molecule has 4 nitrogen and oxygen atoms in total. The van der Waals surface area contributed by atoms with E-state index < -0.39 is 5.97 Å². The first-order valence-corrected chi connectivity index (χ1v) is 7.59. The largest absolute Gasteiger partial charge is 0.465 e. The maximum atomic E-state index is 11.6. The molecule has 104 valence electrons. The van der Waals surface area contributed by atoms with E-state index in [4.69, 9.17) is 10.5 Å². The van der Waals surface area contributed by atoms with Crippen molar-refractivity contribution in [2.45, 2.75) is 24.5 Å². The maximum absolute atomic E-state index is 11.6. The lowest BCUT2D eigenvalue weighted by atomic mass is 10.1. The smallest absolute Gasteiger partial charge is 0.340 e. The first-order valence-electron chi connectivity index (χ1n) is 6.54. The van der Waals surface area contributed by atoms with Crippen LogP contribution in [-0.4, -0.2) is 30.6 Å². The van der Waals surface area contributed by atoms with E-state index in [0.717, 1.165) is 12.2 Å². The molecule has 1 aliphatic rings. The number of nitrogen functional groups attached to an aromatic ring is 1. The van der Waals surface area contributed by atoms with Crippen molar-refractivity contribution >= 4 is 29.1 Å². The van der Waals surface area contributed by atoms with Crippen LogP contribution in [0.5, 0.6) is 0 Å². The molecule has 0 spiro atoms. The van der Waals surface area contributed by atoms with Crippen LogP contribution in [0.2, 0.25) is 0 Å². The molecule has 3 N–H and O–H groups in total. The number of hydrogen-bond donors (Lipinski definition) is 2. The fourth-order valence-electron chi connectivity index (χ4n) is 2.20. The Kier molecular flexibility index (Phi) is 4.96. The Balaban J connectivity index is 2.01. The molecule has 1 aliphatic heterocycles. The van der Waals surface area contributed by atoms with Gasteiger partial charge >= 0.3 is 5.97 Å². The number of thioether (sulfide) groups is 1. The molecule has 1 atom stereocenters. The SMILES string of the molecule is COC(=O)c1cccc(NCC2CCCCS2)c1N. The van der Waals surface area contributed by atoms with Gasteiger partial charge in [0.25, 0.3) is 0 Å². The Hall–Kier alpha value is -1.36. The molecule has 0 bridgehead atoms. The van der Waals surface area contributed by atoms with Gasteiger partial charge in [0, 0.05) is 11.8 Å². The van der Waals surface area contributed by atoms with Crippen LogP contribution in [0.15, 0.2) is 18.2 Å². The third-order valence-electron chi connectivity index (χ3n) is 3.31. The molecule has 1 unspecified atom stereocenters. The molecular formula is C14H20N2O2S. The number of para-hydroxylation sites is 1. The summed E-state index contributed by atoms with van der Waals surface area (Å²) in [5.74, 6) is 0.845. The summed E-state index contributed by atoms with van der Waals surface area (Å²) in [7, 11) is 1.36. The predicted molar refractivity (Wildman–Crippen MR) is 80.8 cm³/mol. The Morgan fingerprint density at radius 1 is 1.53 bits per heavy atom. The van der Waals surface area contributed by atoms with E-state index in [1.54, 1.807) is 6.07 Å². The molecule has 0 aliphatic carbocycles. The zero-order chi connectivity index (χ0) is 13.7. The quantitative estimate of drug-likeness (QED) is 0.656.